The van der Waals surface area contributed by atoms with E-state index in [-0.39, 0.29) is 5.91 Å². The zero-order valence-electron chi connectivity index (χ0n) is 12.6. The molecule has 1 amide bonds. The average molecular weight is 304 g/mol. The van der Waals surface area contributed by atoms with Crippen LogP contribution >= 0.6 is 11.3 Å². The highest BCUT2D eigenvalue weighted by Crippen LogP contribution is 2.13. The standard InChI is InChI=1S/C15H20N4OS/c1-4-19(5-2)13-7-6-12(8-16-13)9-17-15(20)14-11(3)18-10-21-14/h6-8,10H,4-5,9H2,1-3H3,(H,17,20). The average Bonchev–Trinajstić information content (AvgIpc) is 2.93. The first-order chi connectivity index (χ1) is 10.2. The molecule has 0 saturated heterocycles. The largest absolute Gasteiger partial charge is 0.357 e. The van der Waals surface area contributed by atoms with Gasteiger partial charge in [-0.15, -0.1) is 11.3 Å². The van der Waals surface area contributed by atoms with Crippen molar-refractivity contribution in [2.45, 2.75) is 27.3 Å². The molecule has 2 heterocycles. The fourth-order valence-electron chi connectivity index (χ4n) is 2.04. The van der Waals surface area contributed by atoms with Crippen LogP contribution in [0.3, 0.4) is 0 Å². The molecule has 0 aliphatic carbocycles. The van der Waals surface area contributed by atoms with Crippen LogP contribution in [0.5, 0.6) is 0 Å². The fraction of sp³-hybridized carbons (Fsp3) is 0.400. The van der Waals surface area contributed by atoms with E-state index < -0.39 is 0 Å². The smallest absolute Gasteiger partial charge is 0.263 e. The first-order valence-corrected chi connectivity index (χ1v) is 7.91. The van der Waals surface area contributed by atoms with Crippen LogP contribution in [0.25, 0.3) is 0 Å². The van der Waals surface area contributed by atoms with E-state index in [0.29, 0.717) is 11.4 Å². The van der Waals surface area contributed by atoms with Crippen LogP contribution in [-0.4, -0.2) is 29.0 Å². The summed E-state index contributed by atoms with van der Waals surface area (Å²) in [6.07, 6.45) is 1.81. The lowest BCUT2D eigenvalue weighted by Gasteiger charge is -2.19. The highest BCUT2D eigenvalue weighted by Gasteiger charge is 2.11. The summed E-state index contributed by atoms with van der Waals surface area (Å²) >= 11 is 1.36. The molecule has 0 aliphatic rings. The summed E-state index contributed by atoms with van der Waals surface area (Å²) in [5.41, 5.74) is 3.44. The summed E-state index contributed by atoms with van der Waals surface area (Å²) in [7, 11) is 0. The number of carbonyl (C=O) groups is 1. The van der Waals surface area contributed by atoms with Crippen molar-refractivity contribution in [3.05, 3.63) is 40.0 Å². The fourth-order valence-corrected chi connectivity index (χ4v) is 2.76. The molecule has 0 unspecified atom stereocenters. The van der Waals surface area contributed by atoms with Crippen molar-refractivity contribution in [3.8, 4) is 0 Å². The molecule has 0 aromatic carbocycles. The molecule has 0 radical (unpaired) electrons. The van der Waals surface area contributed by atoms with Gasteiger partial charge >= 0.3 is 0 Å². The van der Waals surface area contributed by atoms with E-state index in [1.54, 1.807) is 5.51 Å². The zero-order valence-corrected chi connectivity index (χ0v) is 13.4. The SMILES string of the molecule is CCN(CC)c1ccc(CNC(=O)c2scnc2C)cn1. The van der Waals surface area contributed by atoms with Crippen molar-refractivity contribution in [2.75, 3.05) is 18.0 Å². The number of rotatable bonds is 6. The Morgan fingerprint density at radius 1 is 1.29 bits per heavy atom. The summed E-state index contributed by atoms with van der Waals surface area (Å²) in [5.74, 6) is 0.885. The lowest BCUT2D eigenvalue weighted by Crippen LogP contribution is -2.24. The Labute approximate surface area is 129 Å². The first kappa shape index (κ1) is 15.4. The summed E-state index contributed by atoms with van der Waals surface area (Å²) in [5, 5.41) is 2.90. The van der Waals surface area contributed by atoms with Crippen LogP contribution in [0.2, 0.25) is 0 Å². The molecule has 0 bridgehead atoms. The van der Waals surface area contributed by atoms with E-state index in [9.17, 15) is 4.79 Å². The third kappa shape index (κ3) is 3.78. The Hall–Kier alpha value is -1.95. The number of carbonyl (C=O) groups excluding carboxylic acids is 1. The number of hydrogen-bond donors (Lipinski definition) is 1. The van der Waals surface area contributed by atoms with Gasteiger partial charge < -0.3 is 10.2 Å². The predicted molar refractivity (Wildman–Crippen MR) is 85.8 cm³/mol. The maximum atomic E-state index is 12.0. The number of nitrogens with one attached hydrogen (secondary N) is 1. The third-order valence-electron chi connectivity index (χ3n) is 3.30. The van der Waals surface area contributed by atoms with Gasteiger partial charge in [-0.1, -0.05) is 6.07 Å². The van der Waals surface area contributed by atoms with E-state index in [0.717, 1.165) is 30.2 Å². The van der Waals surface area contributed by atoms with Gasteiger partial charge in [-0.25, -0.2) is 9.97 Å². The summed E-state index contributed by atoms with van der Waals surface area (Å²) in [6.45, 7) is 8.40. The first-order valence-electron chi connectivity index (χ1n) is 7.03. The Kier molecular flexibility index (Phi) is 5.27. The minimum atomic E-state index is -0.0807. The summed E-state index contributed by atoms with van der Waals surface area (Å²) < 4.78 is 0. The van der Waals surface area contributed by atoms with Crippen molar-refractivity contribution < 1.29 is 4.79 Å². The Balaban J connectivity index is 1.95. The number of aryl methyl sites for hydroxylation is 1. The van der Waals surface area contributed by atoms with Crippen molar-refractivity contribution in [3.63, 3.8) is 0 Å². The molecule has 0 spiro atoms. The van der Waals surface area contributed by atoms with Crippen LogP contribution in [0.4, 0.5) is 5.82 Å². The van der Waals surface area contributed by atoms with E-state index in [1.165, 1.54) is 11.3 Å². The van der Waals surface area contributed by atoms with Crippen molar-refractivity contribution >= 4 is 23.1 Å². The highest BCUT2D eigenvalue weighted by atomic mass is 32.1. The molecular formula is C15H20N4OS. The number of thiazole rings is 1. The topological polar surface area (TPSA) is 58.1 Å². The van der Waals surface area contributed by atoms with Crippen molar-refractivity contribution in [1.82, 2.24) is 15.3 Å². The van der Waals surface area contributed by atoms with Gasteiger partial charge in [0.2, 0.25) is 0 Å². The summed E-state index contributed by atoms with van der Waals surface area (Å²) in [6, 6.07) is 3.99. The van der Waals surface area contributed by atoms with E-state index in [1.807, 2.05) is 25.3 Å². The third-order valence-corrected chi connectivity index (χ3v) is 4.23. The molecule has 1 N–H and O–H groups in total. The van der Waals surface area contributed by atoms with E-state index in [4.69, 9.17) is 0 Å². The minimum absolute atomic E-state index is 0.0807. The molecule has 0 saturated carbocycles. The van der Waals surface area contributed by atoms with Crippen LogP contribution in [0.15, 0.2) is 23.8 Å². The number of pyridine rings is 1. The number of aromatic nitrogens is 2. The Morgan fingerprint density at radius 2 is 2.05 bits per heavy atom. The maximum absolute atomic E-state index is 12.0. The molecule has 112 valence electrons. The van der Waals surface area contributed by atoms with Crippen LogP contribution in [0, 0.1) is 6.92 Å². The normalized spacial score (nSPS) is 10.4. The van der Waals surface area contributed by atoms with E-state index >= 15 is 0 Å². The van der Waals surface area contributed by atoms with Crippen LogP contribution < -0.4 is 10.2 Å². The van der Waals surface area contributed by atoms with Crippen molar-refractivity contribution in [2.24, 2.45) is 0 Å². The molecule has 5 nitrogen and oxygen atoms in total. The van der Waals surface area contributed by atoms with Gasteiger partial charge in [-0.3, -0.25) is 4.79 Å². The number of amides is 1. The van der Waals surface area contributed by atoms with Gasteiger partial charge in [0.15, 0.2) is 0 Å². The Morgan fingerprint density at radius 3 is 2.57 bits per heavy atom. The van der Waals surface area contributed by atoms with E-state index in [2.05, 4.69) is 34.0 Å². The van der Waals surface area contributed by atoms with Gasteiger partial charge in [-0.2, -0.15) is 0 Å². The molecule has 2 aromatic heterocycles. The quantitative estimate of drug-likeness (QED) is 0.891. The van der Waals surface area contributed by atoms with Crippen LogP contribution in [-0.2, 0) is 6.54 Å². The summed E-state index contributed by atoms with van der Waals surface area (Å²) in [4.78, 5) is 23.4. The molecule has 0 fully saturated rings. The molecule has 6 heteroatoms. The molecule has 2 rings (SSSR count). The van der Waals surface area contributed by atoms with Crippen molar-refractivity contribution in [1.29, 1.82) is 0 Å². The molecule has 0 aliphatic heterocycles. The van der Waals surface area contributed by atoms with Gasteiger partial charge in [0.25, 0.3) is 5.91 Å². The second kappa shape index (κ2) is 7.17. The monoisotopic (exact) mass is 304 g/mol. The van der Waals surface area contributed by atoms with Gasteiger partial charge in [0.1, 0.15) is 10.7 Å². The van der Waals surface area contributed by atoms with Gasteiger partial charge in [0.05, 0.1) is 11.2 Å². The second-order valence-corrected chi connectivity index (χ2v) is 5.50. The zero-order chi connectivity index (χ0) is 15.2. The second-order valence-electron chi connectivity index (χ2n) is 4.65. The number of hydrogen-bond acceptors (Lipinski definition) is 5. The molecule has 0 atom stereocenters. The van der Waals surface area contributed by atoms with Gasteiger partial charge in [0, 0.05) is 25.8 Å². The minimum Gasteiger partial charge on any atom is -0.357 e. The highest BCUT2D eigenvalue weighted by molar-refractivity contribution is 7.11. The van der Waals surface area contributed by atoms with Gasteiger partial charge in [-0.05, 0) is 32.4 Å². The number of anilines is 1. The maximum Gasteiger partial charge on any atom is 0.263 e. The number of nitrogens with zero attached hydrogens (tertiary/aromatic N) is 3. The molecule has 21 heavy (non-hydrogen) atoms. The Bertz CT molecular complexity index is 590. The molecular weight excluding hydrogens is 284 g/mol. The predicted octanol–water partition coefficient (Wildman–Crippen LogP) is 2.62. The molecule has 2 aromatic rings. The lowest BCUT2D eigenvalue weighted by atomic mass is 10.2. The van der Waals surface area contributed by atoms with Crippen LogP contribution in [0.1, 0.15) is 34.8 Å². The lowest BCUT2D eigenvalue weighted by molar-refractivity contribution is 0.0954.